The van der Waals surface area contributed by atoms with Gasteiger partial charge in [0, 0.05) is 22.6 Å². The van der Waals surface area contributed by atoms with Crippen molar-refractivity contribution < 1.29 is 9.13 Å². The molecule has 3 heteroatoms. The third-order valence-electron chi connectivity index (χ3n) is 6.25. The van der Waals surface area contributed by atoms with Gasteiger partial charge in [-0.25, -0.2) is 4.39 Å². The Bertz CT molecular complexity index is 837. The Labute approximate surface area is 151 Å². The SMILES string of the molecule is Bc1cc2c(cc1C)C(C1CCCC1)c1cc(C)c(F)c(CC)c1O2. The van der Waals surface area contributed by atoms with Crippen LogP contribution in [-0.4, -0.2) is 7.85 Å². The average molecular weight is 336 g/mol. The summed E-state index contributed by atoms with van der Waals surface area (Å²) in [5.74, 6) is 2.60. The summed E-state index contributed by atoms with van der Waals surface area (Å²) < 4.78 is 21.1. The molecule has 1 aliphatic carbocycles. The van der Waals surface area contributed by atoms with E-state index in [2.05, 4.69) is 26.9 Å². The maximum absolute atomic E-state index is 14.7. The Morgan fingerprint density at radius 2 is 1.76 bits per heavy atom. The molecule has 1 nitrogen and oxygen atoms in total. The monoisotopic (exact) mass is 336 g/mol. The van der Waals surface area contributed by atoms with Gasteiger partial charge in [-0.2, -0.15) is 0 Å². The number of halogens is 1. The molecule has 0 spiro atoms. The second-order valence-electron chi connectivity index (χ2n) is 7.86. The number of ether oxygens (including phenoxy) is 1. The van der Waals surface area contributed by atoms with Gasteiger partial charge in [0.15, 0.2) is 0 Å². The number of rotatable bonds is 2. The first kappa shape index (κ1) is 16.7. The van der Waals surface area contributed by atoms with Crippen LogP contribution < -0.4 is 10.2 Å². The lowest BCUT2D eigenvalue weighted by molar-refractivity contribution is 0.391. The van der Waals surface area contributed by atoms with Crippen LogP contribution in [-0.2, 0) is 6.42 Å². The molecule has 0 saturated heterocycles. The minimum absolute atomic E-state index is 0.0984. The molecule has 2 aromatic carbocycles. The number of benzene rings is 2. The average Bonchev–Trinajstić information content (AvgIpc) is 3.10. The molecular formula is C22H26BFO. The molecule has 0 aromatic heterocycles. The third kappa shape index (κ3) is 2.59. The Kier molecular flexibility index (Phi) is 4.13. The van der Waals surface area contributed by atoms with Crippen LogP contribution in [0, 0.1) is 25.6 Å². The van der Waals surface area contributed by atoms with Gasteiger partial charge in [0.2, 0.25) is 0 Å². The summed E-state index contributed by atoms with van der Waals surface area (Å²) in [5, 5.41) is 0. The van der Waals surface area contributed by atoms with E-state index in [9.17, 15) is 4.39 Å². The van der Waals surface area contributed by atoms with Gasteiger partial charge in [0.25, 0.3) is 0 Å². The van der Waals surface area contributed by atoms with E-state index in [4.69, 9.17) is 4.74 Å². The molecule has 1 unspecified atom stereocenters. The zero-order chi connectivity index (χ0) is 17.7. The molecule has 1 heterocycles. The van der Waals surface area contributed by atoms with Crippen LogP contribution in [0.2, 0.25) is 0 Å². The predicted octanol–water partition coefficient (Wildman–Crippen LogP) is 4.69. The molecule has 1 fully saturated rings. The molecule has 0 bridgehead atoms. The zero-order valence-electron chi connectivity index (χ0n) is 15.7. The lowest BCUT2D eigenvalue weighted by atomic mass is 9.75. The van der Waals surface area contributed by atoms with E-state index in [-0.39, 0.29) is 5.82 Å². The van der Waals surface area contributed by atoms with Crippen molar-refractivity contribution in [3.63, 3.8) is 0 Å². The van der Waals surface area contributed by atoms with Crippen LogP contribution in [0.25, 0.3) is 0 Å². The molecule has 1 aliphatic heterocycles. The van der Waals surface area contributed by atoms with Crippen LogP contribution in [0.5, 0.6) is 11.5 Å². The molecular weight excluding hydrogens is 310 g/mol. The number of hydrogen-bond donors (Lipinski definition) is 0. The Balaban J connectivity index is 1.97. The summed E-state index contributed by atoms with van der Waals surface area (Å²) in [6.07, 6.45) is 5.78. The van der Waals surface area contributed by atoms with Crippen molar-refractivity contribution >= 4 is 13.3 Å². The van der Waals surface area contributed by atoms with Crippen LogP contribution >= 0.6 is 0 Å². The first-order valence-corrected chi connectivity index (χ1v) is 9.62. The van der Waals surface area contributed by atoms with Crippen LogP contribution in [0.4, 0.5) is 4.39 Å². The predicted molar refractivity (Wildman–Crippen MR) is 104 cm³/mol. The van der Waals surface area contributed by atoms with Gasteiger partial charge in [0.1, 0.15) is 25.2 Å². The standard InChI is InChI=1S/C22H26BFO/c1-4-15-21(24)13(3)10-17-20(14-7-5-6-8-14)16-9-12(2)18(23)11-19(16)25-22(15)17/h9-11,14,20H,4-8,23H2,1-3H3. The molecule has 0 radical (unpaired) electrons. The highest BCUT2D eigenvalue weighted by atomic mass is 19.1. The van der Waals surface area contributed by atoms with Gasteiger partial charge in [-0.3, -0.25) is 0 Å². The molecule has 2 aliphatic rings. The Morgan fingerprint density at radius 1 is 1.08 bits per heavy atom. The molecule has 0 amide bonds. The molecule has 0 N–H and O–H groups in total. The van der Waals surface area contributed by atoms with Crippen molar-refractivity contribution in [2.45, 2.75) is 58.8 Å². The minimum Gasteiger partial charge on any atom is -0.456 e. The van der Waals surface area contributed by atoms with Crippen LogP contribution in [0.15, 0.2) is 18.2 Å². The second-order valence-corrected chi connectivity index (χ2v) is 7.86. The van der Waals surface area contributed by atoms with Crippen LogP contribution in [0.1, 0.15) is 66.3 Å². The smallest absolute Gasteiger partial charge is 0.139 e. The first-order chi connectivity index (χ1) is 12.0. The summed E-state index contributed by atoms with van der Waals surface area (Å²) >= 11 is 0. The minimum atomic E-state index is -0.0984. The lowest BCUT2D eigenvalue weighted by Gasteiger charge is -2.34. The highest BCUT2D eigenvalue weighted by molar-refractivity contribution is 6.33. The van der Waals surface area contributed by atoms with Crippen molar-refractivity contribution in [1.82, 2.24) is 0 Å². The molecule has 4 rings (SSSR count). The van der Waals surface area contributed by atoms with Gasteiger partial charge < -0.3 is 4.74 Å². The van der Waals surface area contributed by atoms with Crippen molar-refractivity contribution in [2.75, 3.05) is 0 Å². The number of aryl methyl sites for hydroxylation is 2. The molecule has 2 aromatic rings. The van der Waals surface area contributed by atoms with E-state index in [0.717, 1.165) is 22.6 Å². The fourth-order valence-corrected chi connectivity index (χ4v) is 4.76. The maximum Gasteiger partial charge on any atom is 0.139 e. The summed E-state index contributed by atoms with van der Waals surface area (Å²) in [7, 11) is 2.12. The quantitative estimate of drug-likeness (QED) is 0.723. The summed E-state index contributed by atoms with van der Waals surface area (Å²) in [6.45, 7) is 6.07. The van der Waals surface area contributed by atoms with E-state index in [1.165, 1.54) is 47.8 Å². The van der Waals surface area contributed by atoms with Gasteiger partial charge >= 0.3 is 0 Å². The highest BCUT2D eigenvalue weighted by Gasteiger charge is 2.37. The fraction of sp³-hybridized carbons (Fsp3) is 0.455. The van der Waals surface area contributed by atoms with E-state index >= 15 is 0 Å². The van der Waals surface area contributed by atoms with Gasteiger partial charge in [-0.1, -0.05) is 36.9 Å². The van der Waals surface area contributed by atoms with E-state index in [1.54, 1.807) is 0 Å². The zero-order valence-corrected chi connectivity index (χ0v) is 15.7. The highest BCUT2D eigenvalue weighted by Crippen LogP contribution is 2.53. The summed E-state index contributed by atoms with van der Waals surface area (Å²) in [6, 6.07) is 6.50. The largest absolute Gasteiger partial charge is 0.456 e. The Hall–Kier alpha value is -1.77. The fourth-order valence-electron chi connectivity index (χ4n) is 4.76. The summed E-state index contributed by atoms with van der Waals surface area (Å²) in [5.41, 5.74) is 6.53. The third-order valence-corrected chi connectivity index (χ3v) is 6.25. The van der Waals surface area contributed by atoms with Crippen molar-refractivity contribution in [2.24, 2.45) is 5.92 Å². The number of fused-ring (bicyclic) bond motifs is 2. The first-order valence-electron chi connectivity index (χ1n) is 9.62. The van der Waals surface area contributed by atoms with Crippen molar-refractivity contribution in [1.29, 1.82) is 0 Å². The number of hydrogen-bond acceptors (Lipinski definition) is 1. The maximum atomic E-state index is 14.7. The topological polar surface area (TPSA) is 9.23 Å². The Morgan fingerprint density at radius 3 is 2.44 bits per heavy atom. The molecule has 130 valence electrons. The second kappa shape index (κ2) is 6.19. The molecule has 1 saturated carbocycles. The summed E-state index contributed by atoms with van der Waals surface area (Å²) in [4.78, 5) is 0. The van der Waals surface area contributed by atoms with E-state index < -0.39 is 0 Å². The van der Waals surface area contributed by atoms with Crippen LogP contribution in [0.3, 0.4) is 0 Å². The van der Waals surface area contributed by atoms with Gasteiger partial charge in [-0.15, -0.1) is 0 Å². The van der Waals surface area contributed by atoms with E-state index in [1.807, 2.05) is 19.9 Å². The molecule has 25 heavy (non-hydrogen) atoms. The van der Waals surface area contributed by atoms with Crippen molar-refractivity contribution in [3.05, 3.63) is 51.8 Å². The van der Waals surface area contributed by atoms with Gasteiger partial charge in [-0.05, 0) is 56.7 Å². The van der Waals surface area contributed by atoms with E-state index in [0.29, 0.717) is 18.3 Å². The van der Waals surface area contributed by atoms with Gasteiger partial charge in [0.05, 0.1) is 0 Å². The molecule has 1 atom stereocenters. The normalized spacial score (nSPS) is 19.4. The van der Waals surface area contributed by atoms with Crippen molar-refractivity contribution in [3.8, 4) is 11.5 Å². The lowest BCUT2D eigenvalue weighted by Crippen LogP contribution is -2.21.